The summed E-state index contributed by atoms with van der Waals surface area (Å²) in [6.07, 6.45) is -10.6. The maximum absolute atomic E-state index is 14.5. The topological polar surface area (TPSA) is 792 Å². The quantitative estimate of drug-likeness (QED) is 0.0249. The van der Waals surface area contributed by atoms with Crippen LogP contribution in [0.4, 0.5) is 34.9 Å². The van der Waals surface area contributed by atoms with E-state index in [0.29, 0.717) is 5.65 Å². The molecule has 18 heterocycles. The maximum atomic E-state index is 14.5. The summed E-state index contributed by atoms with van der Waals surface area (Å²) in [5.41, 5.74) is 38.0. The second kappa shape index (κ2) is 33.3. The van der Waals surface area contributed by atoms with Crippen molar-refractivity contribution >= 4 is 141 Å². The fourth-order valence-electron chi connectivity index (χ4n) is 15.1. The van der Waals surface area contributed by atoms with E-state index in [9.17, 15) is 57.5 Å². The summed E-state index contributed by atoms with van der Waals surface area (Å²) in [6, 6.07) is 0. The van der Waals surface area contributed by atoms with Gasteiger partial charge in [0.25, 0.3) is 0 Å². The average molecular weight is 1820 g/mol. The Morgan fingerprint density at radius 2 is 0.528 bits per heavy atom. The van der Waals surface area contributed by atoms with Crippen molar-refractivity contribution in [2.45, 2.75) is 149 Å². The fourth-order valence-corrected chi connectivity index (χ4v) is 19.8. The van der Waals surface area contributed by atoms with Gasteiger partial charge in [0.15, 0.2) is 99.9 Å². The normalized spacial score (nSPS) is 29.4. The molecular formula is C60H73N30O28P5. The number of imidazole rings is 6. The molecule has 5 unspecified atom stereocenters. The van der Waals surface area contributed by atoms with Crippen molar-refractivity contribution in [3.63, 3.8) is 0 Å². The average Bonchev–Trinajstić information content (AvgIpc) is 1.64. The van der Waals surface area contributed by atoms with Crippen molar-refractivity contribution in [2.75, 3.05) is 74.0 Å². The van der Waals surface area contributed by atoms with Crippen LogP contribution >= 0.6 is 39.1 Å². The minimum absolute atomic E-state index is 0.0130. The van der Waals surface area contributed by atoms with Crippen LogP contribution in [0.2, 0.25) is 0 Å². The van der Waals surface area contributed by atoms with Crippen LogP contribution in [0.15, 0.2) is 75.9 Å². The molecule has 6 aliphatic rings. The Labute approximate surface area is 685 Å². The van der Waals surface area contributed by atoms with Crippen LogP contribution in [0.3, 0.4) is 0 Å². The number of nitrogen functional groups attached to an aromatic ring is 6. The molecule has 0 bridgehead atoms. The van der Waals surface area contributed by atoms with Gasteiger partial charge in [-0.15, -0.1) is 0 Å². The lowest BCUT2D eigenvalue weighted by molar-refractivity contribution is -0.0655. The van der Waals surface area contributed by atoms with Crippen molar-refractivity contribution in [3.05, 3.63) is 75.9 Å². The van der Waals surface area contributed by atoms with Gasteiger partial charge in [-0.1, -0.05) is 0 Å². The number of nitrogens with zero attached hydrogens (tertiary/aromatic N) is 24. The fraction of sp³-hybridized carbons (Fsp3) is 0.500. The van der Waals surface area contributed by atoms with E-state index < -0.39 is 202 Å². The van der Waals surface area contributed by atoms with Gasteiger partial charge in [0.05, 0.1) is 114 Å². The van der Waals surface area contributed by atoms with Crippen LogP contribution in [0.25, 0.3) is 67.0 Å². The Hall–Kier alpha value is -9.67. The molecule has 0 aliphatic carbocycles. The van der Waals surface area contributed by atoms with Gasteiger partial charge in [-0.3, -0.25) is 72.6 Å². The molecule has 12 aromatic rings. The number of aliphatic hydroxyl groups excluding tert-OH is 2. The maximum Gasteiger partial charge on any atom is 0.472 e. The van der Waals surface area contributed by atoms with Crippen molar-refractivity contribution in [1.29, 1.82) is 0 Å². The first-order valence-corrected chi connectivity index (χ1v) is 44.4. The van der Waals surface area contributed by atoms with Crippen molar-refractivity contribution in [2.24, 2.45) is 0 Å². The van der Waals surface area contributed by atoms with Crippen LogP contribution in [0, 0.1) is 0 Å². The Morgan fingerprint density at radius 1 is 0.309 bits per heavy atom. The smallest absolute Gasteiger partial charge is 0.394 e. The predicted molar refractivity (Wildman–Crippen MR) is 406 cm³/mol. The Morgan fingerprint density at radius 3 is 0.780 bits per heavy atom. The first-order chi connectivity index (χ1) is 58.9. The van der Waals surface area contributed by atoms with Gasteiger partial charge < -0.3 is 97.5 Å². The number of aliphatic hydroxyl groups is 2. The monoisotopic (exact) mass is 1820 g/mol. The first-order valence-electron chi connectivity index (χ1n) is 37.0. The van der Waals surface area contributed by atoms with Crippen molar-refractivity contribution in [1.82, 2.24) is 117 Å². The SMILES string of the molecule is Nc1ncnc2c1ncn2[C@@H]1O[C@H](CO)C[C@H]1OP(=O)(O)OC[C@@H]1C[C@@H](OP(=O)(O)OC[C@@H]2C[C@@H](OP(=O)(O)OC[C@@H]3C[C@@H](OP(=O)(O)OC[C@@H]4C[C@@H](OP(=O)(O)OC[C@H]5O[C@@H](n6cnc7c(N)ncnc76)C[C@@H]5O)[C@H](n5cnc6c(N)ncnc65)O4)[C@H](n4cnc5c(N)ncnc54)O3)[C@H](n3cnc4c(N)ncnc43)O2)[C@H](n2cnc3c(N)ncnc32)O1. The number of phosphoric acid groups is 5. The second-order valence-corrected chi connectivity index (χ2v) is 35.6. The lowest BCUT2D eigenvalue weighted by atomic mass is 10.2. The number of aromatic nitrogens is 24. The Kier molecular flexibility index (Phi) is 22.8. The summed E-state index contributed by atoms with van der Waals surface area (Å²) in [7, 11) is -26.3. The number of anilines is 6. The molecule has 6 saturated heterocycles. The molecule has 6 aliphatic heterocycles. The van der Waals surface area contributed by atoms with E-state index in [1.165, 1.54) is 78.0 Å². The van der Waals surface area contributed by atoms with Crippen LogP contribution < -0.4 is 34.4 Å². The van der Waals surface area contributed by atoms with Crippen LogP contribution in [-0.2, 0) is 96.5 Å². The summed E-state index contributed by atoms with van der Waals surface area (Å²) in [5.74, 6) is -0.0773. The van der Waals surface area contributed by atoms with Gasteiger partial charge in [-0.05, 0) is 0 Å². The lowest BCUT2D eigenvalue weighted by Crippen LogP contribution is -2.27. The Balaban J connectivity index is 0.532. The molecule has 0 radical (unpaired) electrons. The minimum atomic E-state index is -5.38. The van der Waals surface area contributed by atoms with Gasteiger partial charge in [0, 0.05) is 38.5 Å². The highest BCUT2D eigenvalue weighted by Gasteiger charge is 2.52. The lowest BCUT2D eigenvalue weighted by Gasteiger charge is -2.24. The molecule has 23 atom stereocenters. The molecule has 0 amide bonds. The molecule has 63 heteroatoms. The number of fused-ring (bicyclic) bond motifs is 6. The largest absolute Gasteiger partial charge is 0.472 e. The van der Waals surface area contributed by atoms with Crippen LogP contribution in [0.5, 0.6) is 0 Å². The standard InChI is InChI=1S/C60H73N30O28P5/c61-44-38-50(73-13-67-44)85(19-79-38)37-6-30(92)36(113-37)12-107-123(101,102)118-35-5-29(112-60(35)90-24-84-43-49(66)72-18-78-55(43)90)11-106-122(99,100)117-34-4-28(111-59(34)89-23-83-42-48(65)71-17-77-54(42)89)10-105-121(97,98)116-33-3-27(110-58(33)88-22-82-41-47(64)70-16-76-53(41)88)9-104-120(95,96)115-32-2-26(109-57(32)87-21-81-40-46(63)69-15-75-52(40)87)8-103-119(93,94)114-31-1-25(7-91)108-56(31)86-20-80-39-45(62)68-14-74-51(39)86/h13-37,56-60,91-92H,1-12H2,(H,93,94)(H,95,96)(H,97,98)(H,99,100)(H,101,102)(H2,61,67,73)(H2,62,68,74)(H2,63,69,75)(H2,64,70,76)(H2,65,71,77)(H2,66,72,78)/t25-,26-,27-,28-,29-,30-,31+,32+,33+,34+,35+,36+,37+,56+,57+,58+,59+,60+/m0/s1. The molecule has 18 rings (SSSR count). The Bertz CT molecular complexity index is 6220. The third kappa shape index (κ3) is 17.3. The summed E-state index contributed by atoms with van der Waals surface area (Å²) in [6.45, 7) is -4.28. The van der Waals surface area contributed by atoms with Gasteiger partial charge in [0.2, 0.25) is 0 Å². The summed E-state index contributed by atoms with van der Waals surface area (Å²) < 4.78 is 173. The summed E-state index contributed by atoms with van der Waals surface area (Å²) in [4.78, 5) is 132. The number of hydrogen-bond donors (Lipinski definition) is 13. The van der Waals surface area contributed by atoms with Crippen molar-refractivity contribution in [3.8, 4) is 0 Å². The van der Waals surface area contributed by atoms with E-state index in [1.807, 2.05) is 0 Å². The van der Waals surface area contributed by atoms with Crippen molar-refractivity contribution < 1.29 is 131 Å². The zero-order chi connectivity index (χ0) is 85.8. The van der Waals surface area contributed by atoms with E-state index in [2.05, 4.69) is 89.7 Å². The number of phosphoric ester groups is 5. The zero-order valence-corrected chi connectivity index (χ0v) is 67.4. The first kappa shape index (κ1) is 84.2. The molecule has 0 aromatic carbocycles. The summed E-state index contributed by atoms with van der Waals surface area (Å²) >= 11 is 0. The van der Waals surface area contributed by atoms with E-state index >= 15 is 0 Å². The van der Waals surface area contributed by atoms with Crippen LogP contribution in [-0.4, -0.2) is 265 Å². The third-order valence-corrected chi connectivity index (χ3v) is 25.6. The van der Waals surface area contributed by atoms with E-state index in [-0.39, 0.29) is 122 Å². The molecule has 12 aromatic heterocycles. The van der Waals surface area contributed by atoms with Gasteiger partial charge in [-0.2, -0.15) is 0 Å². The molecule has 656 valence electrons. The highest BCUT2D eigenvalue weighted by atomic mass is 31.2. The molecule has 123 heavy (non-hydrogen) atoms. The second-order valence-electron chi connectivity index (χ2n) is 28.6. The number of nitrogens with two attached hydrogens (primary N) is 6. The van der Waals surface area contributed by atoms with E-state index in [0.717, 1.165) is 25.3 Å². The van der Waals surface area contributed by atoms with Gasteiger partial charge >= 0.3 is 39.1 Å². The minimum Gasteiger partial charge on any atom is -0.394 e. The number of hydrogen-bond acceptors (Lipinski definition) is 47. The molecular weight excluding hydrogens is 1740 g/mol. The molecule has 0 saturated carbocycles. The highest BCUT2D eigenvalue weighted by molar-refractivity contribution is 7.48. The van der Waals surface area contributed by atoms with E-state index in [4.69, 9.17) is 108 Å². The van der Waals surface area contributed by atoms with Gasteiger partial charge in [0.1, 0.15) is 114 Å². The summed E-state index contributed by atoms with van der Waals surface area (Å²) in [5, 5.41) is 21.1. The molecule has 6 fully saturated rings. The number of ether oxygens (including phenoxy) is 6. The molecule has 0 spiro atoms. The zero-order valence-electron chi connectivity index (χ0n) is 62.9. The van der Waals surface area contributed by atoms with Gasteiger partial charge in [-0.25, -0.2) is 113 Å². The molecule has 19 N–H and O–H groups in total. The van der Waals surface area contributed by atoms with Crippen LogP contribution in [0.1, 0.15) is 75.9 Å². The molecule has 58 nitrogen and oxygen atoms in total. The predicted octanol–water partition coefficient (Wildman–Crippen LogP) is 0.108. The van der Waals surface area contributed by atoms with E-state index in [1.54, 1.807) is 0 Å². The number of rotatable bonds is 32. The highest BCUT2D eigenvalue weighted by Crippen LogP contribution is 2.57. The third-order valence-electron chi connectivity index (χ3n) is 20.6.